The van der Waals surface area contributed by atoms with E-state index >= 15 is 4.79 Å². The molecule has 1 aromatic carbocycles. The van der Waals surface area contributed by atoms with Crippen molar-refractivity contribution in [3.63, 3.8) is 0 Å². The summed E-state index contributed by atoms with van der Waals surface area (Å²) in [5.41, 5.74) is 1.05. The van der Waals surface area contributed by atoms with E-state index in [1.165, 1.54) is 0 Å². The quantitative estimate of drug-likeness (QED) is 0.220. The fraction of sp³-hybridized carbons (Fsp3) is 0.738. The summed E-state index contributed by atoms with van der Waals surface area (Å²) in [6, 6.07) is 4.59. The number of amides is 5. The van der Waals surface area contributed by atoms with E-state index in [1.807, 2.05) is 24.3 Å². The van der Waals surface area contributed by atoms with Crippen LogP contribution in [-0.2, 0) is 41.9 Å². The number of Topliss-reactive ketones (excluding diaryl/α,β-unsaturated/α-hetero) is 1. The molecule has 4 N–H and O–H groups in total. The fourth-order valence-corrected chi connectivity index (χ4v) is 11.4. The van der Waals surface area contributed by atoms with Gasteiger partial charge < -0.3 is 26.2 Å². The van der Waals surface area contributed by atoms with Crippen molar-refractivity contribution in [3.05, 3.63) is 35.4 Å². The summed E-state index contributed by atoms with van der Waals surface area (Å²) in [7, 11) is -3.58. The van der Waals surface area contributed by atoms with E-state index in [0.717, 1.165) is 62.5 Å². The van der Waals surface area contributed by atoms with Crippen LogP contribution in [-0.4, -0.2) is 89.6 Å². The number of piperidine rings is 1. The van der Waals surface area contributed by atoms with Gasteiger partial charge in [-0.25, -0.2) is 13.2 Å². The molecule has 1 saturated heterocycles. The Morgan fingerprint density at radius 1 is 0.891 bits per heavy atom. The molecule has 5 fully saturated rings. The molecular formula is C42H61N5O7S. The van der Waals surface area contributed by atoms with Crippen molar-refractivity contribution in [2.24, 2.45) is 29.1 Å². The molecule has 302 valence electrons. The number of carbonyl (C=O) groups excluding carboxylic acids is 5. The number of urea groups is 1. The number of ketones is 1. The molecule has 4 saturated carbocycles. The molecule has 1 aromatic rings. The predicted octanol–water partition coefficient (Wildman–Crippen LogP) is 3.99. The van der Waals surface area contributed by atoms with Gasteiger partial charge in [0.2, 0.25) is 17.6 Å². The van der Waals surface area contributed by atoms with Crippen LogP contribution in [0.5, 0.6) is 0 Å². The maximum atomic E-state index is 15.0. The summed E-state index contributed by atoms with van der Waals surface area (Å²) in [5, 5.41) is 11.9. The van der Waals surface area contributed by atoms with E-state index in [9.17, 15) is 27.6 Å². The highest BCUT2D eigenvalue weighted by Gasteiger charge is 2.70. The van der Waals surface area contributed by atoms with Gasteiger partial charge in [-0.2, -0.15) is 0 Å². The van der Waals surface area contributed by atoms with Crippen molar-refractivity contribution < 1.29 is 32.4 Å². The zero-order chi connectivity index (χ0) is 39.5. The number of fused-ring (bicyclic) bond motifs is 2. The molecule has 1 heterocycles. The number of nitrogens with one attached hydrogen (secondary N) is 4. The first kappa shape index (κ1) is 39.7. The van der Waals surface area contributed by atoms with Gasteiger partial charge >= 0.3 is 6.03 Å². The average Bonchev–Trinajstić information content (AvgIpc) is 3.85. The van der Waals surface area contributed by atoms with Crippen LogP contribution in [0.25, 0.3) is 0 Å². The zero-order valence-corrected chi connectivity index (χ0v) is 34.1. The van der Waals surface area contributed by atoms with Gasteiger partial charge in [-0.15, -0.1) is 0 Å². The number of rotatable bonds is 13. The standard InChI is InChI=1S/C42H61N5O7S/c1-40(2,3)55(53,54)24-42(18-9-6-10-19-42)46-39(52)45-33(28-21-26-14-7-8-15-27(26)22-28)38(51)47-23-30-32(41(30,4)5)34(47)36(49)44-31(20-25-12-11-13-25)35(48)37(50)43-29-16-17-29/h7-8,14-15,25,28-34H,6,9-13,16-24H2,1-5H3,(H,43,50)(H,44,49)(H2,45,46,52)/t30-,31?,32-,33-,34-/m0/s1. The lowest BCUT2D eigenvalue weighted by Crippen LogP contribution is -2.63. The molecule has 0 bridgehead atoms. The van der Waals surface area contributed by atoms with Gasteiger partial charge in [0, 0.05) is 12.6 Å². The summed E-state index contributed by atoms with van der Waals surface area (Å²) in [5.74, 6) is -2.40. The lowest BCUT2D eigenvalue weighted by atomic mass is 9.80. The van der Waals surface area contributed by atoms with E-state index in [0.29, 0.717) is 38.6 Å². The SMILES string of the molecule is CC1(C)[C@@H]2[C@@H](C(=O)NC(CC3CCC3)C(=O)C(=O)NC3CC3)N(C(=O)[C@@H](NC(=O)NC3(CS(=O)(=O)C(C)(C)C)CCCCC3)C3Cc4ccccc4C3)C[C@@H]21. The van der Waals surface area contributed by atoms with Crippen molar-refractivity contribution in [2.45, 2.75) is 153 Å². The number of carbonyl (C=O) groups is 5. The van der Waals surface area contributed by atoms with E-state index in [1.54, 1.807) is 25.7 Å². The highest BCUT2D eigenvalue weighted by atomic mass is 32.2. The van der Waals surface area contributed by atoms with Crippen LogP contribution in [0.1, 0.15) is 116 Å². The third-order valence-electron chi connectivity index (χ3n) is 14.0. The molecule has 0 aromatic heterocycles. The predicted molar refractivity (Wildman–Crippen MR) is 208 cm³/mol. The fourth-order valence-electron chi connectivity index (χ4n) is 9.93. The van der Waals surface area contributed by atoms with Crippen LogP contribution in [0.2, 0.25) is 0 Å². The molecule has 0 radical (unpaired) electrons. The third kappa shape index (κ3) is 8.19. The van der Waals surface area contributed by atoms with Gasteiger partial charge in [0.05, 0.1) is 22.1 Å². The van der Waals surface area contributed by atoms with Crippen LogP contribution in [0, 0.1) is 29.1 Å². The summed E-state index contributed by atoms with van der Waals surface area (Å²) in [4.78, 5) is 71.7. The first-order valence-electron chi connectivity index (χ1n) is 20.7. The van der Waals surface area contributed by atoms with Crippen LogP contribution in [0.3, 0.4) is 0 Å². The van der Waals surface area contributed by atoms with E-state index < -0.39 is 61.9 Å². The van der Waals surface area contributed by atoms with Crippen LogP contribution in [0.4, 0.5) is 4.79 Å². The number of benzene rings is 1. The molecule has 5 atom stereocenters. The number of hydrogen-bond acceptors (Lipinski definition) is 7. The van der Waals surface area contributed by atoms with E-state index in [4.69, 9.17) is 0 Å². The smallest absolute Gasteiger partial charge is 0.315 e. The summed E-state index contributed by atoms with van der Waals surface area (Å²) < 4.78 is 26.0. The first-order chi connectivity index (χ1) is 25.9. The zero-order valence-electron chi connectivity index (χ0n) is 33.2. The molecule has 0 spiro atoms. The molecule has 1 unspecified atom stereocenters. The Labute approximate surface area is 326 Å². The van der Waals surface area contributed by atoms with Crippen molar-refractivity contribution in [3.8, 4) is 0 Å². The minimum absolute atomic E-state index is 0.00622. The van der Waals surface area contributed by atoms with Crippen LogP contribution >= 0.6 is 0 Å². The molecule has 7 rings (SSSR count). The van der Waals surface area contributed by atoms with E-state index in [-0.39, 0.29) is 46.8 Å². The van der Waals surface area contributed by atoms with Crippen molar-refractivity contribution >= 4 is 39.4 Å². The van der Waals surface area contributed by atoms with Crippen molar-refractivity contribution in [1.82, 2.24) is 26.2 Å². The average molecular weight is 780 g/mol. The van der Waals surface area contributed by atoms with Crippen molar-refractivity contribution in [1.29, 1.82) is 0 Å². The number of likely N-dealkylation sites (tertiary alicyclic amines) is 1. The minimum Gasteiger partial charge on any atom is -0.347 e. The molecule has 12 nitrogen and oxygen atoms in total. The lowest BCUT2D eigenvalue weighted by molar-refractivity contribution is -0.145. The second kappa shape index (κ2) is 14.8. The summed E-state index contributed by atoms with van der Waals surface area (Å²) in [6.45, 7) is 9.55. The van der Waals surface area contributed by atoms with Gasteiger partial charge in [0.15, 0.2) is 9.84 Å². The molecule has 6 aliphatic rings. The Bertz CT molecular complexity index is 1780. The second-order valence-corrected chi connectivity index (χ2v) is 22.1. The van der Waals surface area contributed by atoms with Gasteiger partial charge in [0.25, 0.3) is 5.91 Å². The van der Waals surface area contributed by atoms with Crippen LogP contribution < -0.4 is 21.3 Å². The molecule has 55 heavy (non-hydrogen) atoms. The Morgan fingerprint density at radius 3 is 2.09 bits per heavy atom. The van der Waals surface area contributed by atoms with Crippen molar-refractivity contribution in [2.75, 3.05) is 12.3 Å². The molecule has 1 aliphatic heterocycles. The Balaban J connectivity index is 1.14. The van der Waals surface area contributed by atoms with E-state index in [2.05, 4.69) is 35.1 Å². The molecule has 13 heteroatoms. The Hall–Kier alpha value is -3.48. The monoisotopic (exact) mass is 779 g/mol. The first-order valence-corrected chi connectivity index (χ1v) is 22.4. The van der Waals surface area contributed by atoms with Crippen LogP contribution in [0.15, 0.2) is 24.3 Å². The normalized spacial score (nSPS) is 26.8. The maximum Gasteiger partial charge on any atom is 0.315 e. The highest BCUT2D eigenvalue weighted by molar-refractivity contribution is 7.92. The van der Waals surface area contributed by atoms with Gasteiger partial charge in [-0.3, -0.25) is 19.2 Å². The number of hydrogen-bond donors (Lipinski definition) is 4. The minimum atomic E-state index is -3.58. The number of sulfone groups is 1. The molecule has 5 aliphatic carbocycles. The second-order valence-electron chi connectivity index (χ2n) is 19.3. The topological polar surface area (TPSA) is 171 Å². The number of nitrogens with zero attached hydrogens (tertiary/aromatic N) is 1. The summed E-state index contributed by atoms with van der Waals surface area (Å²) in [6.07, 6.45) is 9.71. The lowest BCUT2D eigenvalue weighted by Gasteiger charge is -2.40. The van der Waals surface area contributed by atoms with Gasteiger partial charge in [0.1, 0.15) is 12.1 Å². The highest BCUT2D eigenvalue weighted by Crippen LogP contribution is 2.65. The molecule has 5 amide bonds. The molecular weight excluding hydrogens is 719 g/mol. The third-order valence-corrected chi connectivity index (χ3v) is 16.8. The van der Waals surface area contributed by atoms with Gasteiger partial charge in [-0.1, -0.05) is 76.6 Å². The Kier molecular flexibility index (Phi) is 10.7. The largest absolute Gasteiger partial charge is 0.347 e. The maximum absolute atomic E-state index is 15.0. The summed E-state index contributed by atoms with van der Waals surface area (Å²) >= 11 is 0. The Morgan fingerprint density at radius 2 is 1.53 bits per heavy atom. The van der Waals surface area contributed by atoms with Gasteiger partial charge in [-0.05, 0) is 106 Å².